The Morgan fingerprint density at radius 1 is 1.50 bits per heavy atom. The van der Waals surface area contributed by atoms with Gasteiger partial charge in [-0.25, -0.2) is 0 Å². The Bertz CT molecular complexity index is 460. The summed E-state index contributed by atoms with van der Waals surface area (Å²) in [7, 11) is 3.50. The minimum atomic E-state index is -0.542. The molecule has 0 aliphatic carbocycles. The van der Waals surface area contributed by atoms with Crippen LogP contribution < -0.4 is 15.4 Å². The Morgan fingerprint density at radius 2 is 2.17 bits per heavy atom. The molecular formula is C11H15N3O4. The Labute approximate surface area is 104 Å². The zero-order valence-electron chi connectivity index (χ0n) is 10.3. The van der Waals surface area contributed by atoms with Gasteiger partial charge in [0.2, 0.25) is 0 Å². The topological polar surface area (TPSA) is 98.7 Å². The molecule has 0 bridgehead atoms. The Morgan fingerprint density at radius 3 is 2.67 bits per heavy atom. The smallest absolute Gasteiger partial charge is 0.312 e. The van der Waals surface area contributed by atoms with Crippen molar-refractivity contribution in [2.75, 3.05) is 25.5 Å². The first-order chi connectivity index (χ1) is 8.45. The summed E-state index contributed by atoms with van der Waals surface area (Å²) in [5.74, 6) is -0.353. The fourth-order valence-corrected chi connectivity index (χ4v) is 1.36. The second-order valence-electron chi connectivity index (χ2n) is 3.82. The van der Waals surface area contributed by atoms with Crippen molar-refractivity contribution >= 4 is 17.3 Å². The molecule has 0 unspecified atom stereocenters. The lowest BCUT2D eigenvalue weighted by molar-refractivity contribution is -0.384. The van der Waals surface area contributed by atoms with Crippen LogP contribution >= 0.6 is 0 Å². The molecule has 7 nitrogen and oxygen atoms in total. The van der Waals surface area contributed by atoms with E-state index in [-0.39, 0.29) is 24.4 Å². The number of benzene rings is 1. The van der Waals surface area contributed by atoms with E-state index in [9.17, 15) is 14.9 Å². The number of carbonyl (C=O) groups is 1. The van der Waals surface area contributed by atoms with Crippen molar-refractivity contribution in [3.05, 3.63) is 28.3 Å². The van der Waals surface area contributed by atoms with Crippen molar-refractivity contribution < 1.29 is 14.5 Å². The van der Waals surface area contributed by atoms with Crippen molar-refractivity contribution in [3.63, 3.8) is 0 Å². The molecule has 0 aliphatic rings. The quantitative estimate of drug-likeness (QED) is 0.362. The number of rotatable bonds is 5. The summed E-state index contributed by atoms with van der Waals surface area (Å²) in [6.45, 7) is 0.172. The molecule has 2 N–H and O–H groups in total. The van der Waals surface area contributed by atoms with E-state index in [2.05, 4.69) is 0 Å². The van der Waals surface area contributed by atoms with Gasteiger partial charge in [-0.05, 0) is 6.07 Å². The highest BCUT2D eigenvalue weighted by atomic mass is 16.6. The molecule has 7 heteroatoms. The predicted octanol–water partition coefficient (Wildman–Crippen LogP) is 0.915. The van der Waals surface area contributed by atoms with Crippen LogP contribution in [-0.2, 0) is 4.79 Å². The zero-order valence-corrected chi connectivity index (χ0v) is 10.3. The first-order valence-corrected chi connectivity index (χ1v) is 5.32. The number of non-ortho nitro benzene ring substituents is 1. The highest BCUT2D eigenvalue weighted by Crippen LogP contribution is 2.31. The minimum absolute atomic E-state index is 0.0650. The van der Waals surface area contributed by atoms with Crippen LogP contribution in [0, 0.1) is 10.1 Å². The summed E-state index contributed by atoms with van der Waals surface area (Å²) in [5, 5.41) is 10.7. The van der Waals surface area contributed by atoms with Gasteiger partial charge < -0.3 is 15.4 Å². The van der Waals surface area contributed by atoms with Gasteiger partial charge >= 0.3 is 5.97 Å². The number of nitrogens with two attached hydrogens (primary N) is 1. The van der Waals surface area contributed by atoms with Crippen molar-refractivity contribution in [1.29, 1.82) is 0 Å². The average Bonchev–Trinajstić information content (AvgIpc) is 2.28. The molecule has 1 aromatic rings. The van der Waals surface area contributed by atoms with Crippen LogP contribution in [0.4, 0.5) is 11.4 Å². The number of ether oxygens (including phenoxy) is 1. The van der Waals surface area contributed by atoms with Crippen LogP contribution in [0.2, 0.25) is 0 Å². The van der Waals surface area contributed by atoms with Crippen molar-refractivity contribution in [2.24, 2.45) is 5.73 Å². The van der Waals surface area contributed by atoms with Crippen LogP contribution in [0.25, 0.3) is 0 Å². The van der Waals surface area contributed by atoms with Gasteiger partial charge in [-0.1, -0.05) is 0 Å². The van der Waals surface area contributed by atoms with Crippen LogP contribution in [0.1, 0.15) is 6.42 Å². The third kappa shape index (κ3) is 3.42. The molecule has 0 aromatic heterocycles. The van der Waals surface area contributed by atoms with Gasteiger partial charge in [-0.15, -0.1) is 0 Å². The highest BCUT2D eigenvalue weighted by Gasteiger charge is 2.15. The molecular weight excluding hydrogens is 238 g/mol. The maximum absolute atomic E-state index is 11.4. The Balaban J connectivity index is 3.07. The zero-order chi connectivity index (χ0) is 13.7. The summed E-state index contributed by atoms with van der Waals surface area (Å²) >= 11 is 0. The summed E-state index contributed by atoms with van der Waals surface area (Å²) in [6.07, 6.45) is 0.0650. The van der Waals surface area contributed by atoms with Crippen LogP contribution in [0.5, 0.6) is 5.75 Å². The number of nitro groups is 1. The summed E-state index contributed by atoms with van der Waals surface area (Å²) < 4.78 is 5.07. The Hall–Kier alpha value is -2.15. The summed E-state index contributed by atoms with van der Waals surface area (Å²) in [5.41, 5.74) is 5.70. The van der Waals surface area contributed by atoms with E-state index in [1.807, 2.05) is 0 Å². The molecule has 0 heterocycles. The molecule has 1 aromatic carbocycles. The van der Waals surface area contributed by atoms with Gasteiger partial charge in [0, 0.05) is 26.7 Å². The van der Waals surface area contributed by atoms with Gasteiger partial charge in [-0.2, -0.15) is 0 Å². The fraction of sp³-hybridized carbons (Fsp3) is 0.364. The first kappa shape index (κ1) is 13.9. The van der Waals surface area contributed by atoms with E-state index < -0.39 is 10.9 Å². The summed E-state index contributed by atoms with van der Waals surface area (Å²) in [6, 6.07) is 4.11. The number of hydrogen-bond acceptors (Lipinski definition) is 6. The first-order valence-electron chi connectivity index (χ1n) is 5.32. The molecule has 1 rings (SSSR count). The Kier molecular flexibility index (Phi) is 4.61. The second kappa shape index (κ2) is 5.97. The van der Waals surface area contributed by atoms with Gasteiger partial charge in [0.1, 0.15) is 0 Å². The number of carbonyl (C=O) groups excluding carboxylic acids is 1. The maximum atomic E-state index is 11.4. The maximum Gasteiger partial charge on any atom is 0.312 e. The second-order valence-corrected chi connectivity index (χ2v) is 3.82. The fourth-order valence-electron chi connectivity index (χ4n) is 1.36. The third-order valence-corrected chi connectivity index (χ3v) is 2.21. The lowest BCUT2D eigenvalue weighted by Crippen LogP contribution is -2.16. The molecule has 18 heavy (non-hydrogen) atoms. The van der Waals surface area contributed by atoms with E-state index >= 15 is 0 Å². The molecule has 0 atom stereocenters. The minimum Gasteiger partial charge on any atom is -0.424 e. The van der Waals surface area contributed by atoms with Crippen molar-refractivity contribution in [2.45, 2.75) is 6.42 Å². The molecule has 0 spiro atoms. The number of nitrogens with zero attached hydrogens (tertiary/aromatic N) is 2. The molecule has 0 saturated carbocycles. The van der Waals surface area contributed by atoms with Gasteiger partial charge in [0.25, 0.3) is 5.69 Å². The monoisotopic (exact) mass is 253 g/mol. The van der Waals surface area contributed by atoms with Gasteiger partial charge in [0.05, 0.1) is 23.1 Å². The van der Waals surface area contributed by atoms with Gasteiger partial charge in [0.15, 0.2) is 5.75 Å². The molecule has 0 amide bonds. The van der Waals surface area contributed by atoms with E-state index in [1.54, 1.807) is 19.0 Å². The van der Waals surface area contributed by atoms with Crippen LogP contribution in [0.3, 0.4) is 0 Å². The van der Waals surface area contributed by atoms with E-state index in [0.29, 0.717) is 5.69 Å². The molecule has 98 valence electrons. The van der Waals surface area contributed by atoms with E-state index in [4.69, 9.17) is 10.5 Å². The van der Waals surface area contributed by atoms with E-state index in [1.165, 1.54) is 18.2 Å². The third-order valence-electron chi connectivity index (χ3n) is 2.21. The number of anilines is 1. The summed E-state index contributed by atoms with van der Waals surface area (Å²) in [4.78, 5) is 23.2. The average molecular weight is 253 g/mol. The predicted molar refractivity (Wildman–Crippen MR) is 66.7 cm³/mol. The van der Waals surface area contributed by atoms with Crippen molar-refractivity contribution in [3.8, 4) is 5.75 Å². The lowest BCUT2D eigenvalue weighted by atomic mass is 10.2. The van der Waals surface area contributed by atoms with Gasteiger partial charge in [-0.3, -0.25) is 14.9 Å². The van der Waals surface area contributed by atoms with Crippen LogP contribution in [-0.4, -0.2) is 31.5 Å². The lowest BCUT2D eigenvalue weighted by Gasteiger charge is -2.16. The molecule has 0 aliphatic heterocycles. The molecule has 0 radical (unpaired) electrons. The van der Waals surface area contributed by atoms with Crippen LogP contribution in [0.15, 0.2) is 18.2 Å². The highest BCUT2D eigenvalue weighted by molar-refractivity contribution is 5.76. The number of hydrogen-bond donors (Lipinski definition) is 1. The standard InChI is InChI=1S/C11H15N3O4/c1-13(2)9-4-3-8(14(16)17)7-10(9)18-11(15)5-6-12/h3-4,7H,5-6,12H2,1-2H3. The SMILES string of the molecule is CN(C)c1ccc([N+](=O)[O-])cc1OC(=O)CCN. The molecule has 0 saturated heterocycles. The largest absolute Gasteiger partial charge is 0.424 e. The van der Waals surface area contributed by atoms with E-state index in [0.717, 1.165) is 0 Å². The normalized spacial score (nSPS) is 9.94. The number of nitro benzene ring substituents is 1. The van der Waals surface area contributed by atoms with Crippen molar-refractivity contribution in [1.82, 2.24) is 0 Å². The number of esters is 1. The molecule has 0 fully saturated rings.